The lowest BCUT2D eigenvalue weighted by Gasteiger charge is -2.28. The Hall–Kier alpha value is -1.83. The molecule has 1 aliphatic heterocycles. The first-order valence-corrected chi connectivity index (χ1v) is 7.17. The molecule has 0 spiro atoms. The SMILES string of the molecule is COC[C@@H](NC(=O)OC(C)(C)C)C(=O)N1CCC[C@H]1C(=O)O. The van der Waals surface area contributed by atoms with Crippen molar-refractivity contribution in [2.75, 3.05) is 20.3 Å². The smallest absolute Gasteiger partial charge is 0.408 e. The Bertz CT molecular complexity index is 432. The fourth-order valence-corrected chi connectivity index (χ4v) is 2.28. The fraction of sp³-hybridized carbons (Fsp3) is 0.786. The standard InChI is InChI=1S/C14H24N2O6/c1-14(2,3)22-13(20)15-9(8-21-4)11(17)16-7-5-6-10(16)12(18)19/h9-10H,5-8H2,1-4H3,(H,15,20)(H,18,19)/t9-,10+/m1/s1. The molecular weight excluding hydrogens is 292 g/mol. The maximum atomic E-state index is 12.5. The third kappa shape index (κ3) is 5.18. The zero-order valence-electron chi connectivity index (χ0n) is 13.4. The second-order valence-corrected chi connectivity index (χ2v) is 6.18. The Morgan fingerprint density at radius 3 is 2.50 bits per heavy atom. The van der Waals surface area contributed by atoms with Gasteiger partial charge in [-0.25, -0.2) is 9.59 Å². The van der Waals surface area contributed by atoms with Crippen molar-refractivity contribution in [3.05, 3.63) is 0 Å². The molecule has 0 bridgehead atoms. The van der Waals surface area contributed by atoms with Crippen LogP contribution < -0.4 is 5.32 Å². The lowest BCUT2D eigenvalue weighted by atomic mass is 10.2. The number of likely N-dealkylation sites (tertiary alicyclic amines) is 1. The van der Waals surface area contributed by atoms with Crippen LogP contribution in [0.5, 0.6) is 0 Å². The van der Waals surface area contributed by atoms with Crippen molar-refractivity contribution >= 4 is 18.0 Å². The summed E-state index contributed by atoms with van der Waals surface area (Å²) < 4.78 is 10.1. The highest BCUT2D eigenvalue weighted by molar-refractivity contribution is 5.89. The van der Waals surface area contributed by atoms with Gasteiger partial charge in [-0.3, -0.25) is 4.79 Å². The predicted octanol–water partition coefficient (Wildman–Crippen LogP) is 0.602. The predicted molar refractivity (Wildman–Crippen MR) is 77.4 cm³/mol. The quantitative estimate of drug-likeness (QED) is 0.769. The van der Waals surface area contributed by atoms with Gasteiger partial charge in [0.15, 0.2) is 0 Å². The van der Waals surface area contributed by atoms with E-state index in [9.17, 15) is 14.4 Å². The molecule has 1 saturated heterocycles. The zero-order chi connectivity index (χ0) is 16.9. The highest BCUT2D eigenvalue weighted by atomic mass is 16.6. The van der Waals surface area contributed by atoms with Crippen LogP contribution in [-0.4, -0.2) is 65.9 Å². The number of carboxylic acid groups (broad SMARTS) is 1. The molecule has 1 fully saturated rings. The fourth-order valence-electron chi connectivity index (χ4n) is 2.28. The van der Waals surface area contributed by atoms with Gasteiger partial charge >= 0.3 is 12.1 Å². The zero-order valence-corrected chi connectivity index (χ0v) is 13.4. The second kappa shape index (κ2) is 7.44. The number of carbonyl (C=O) groups excluding carboxylic acids is 2. The summed E-state index contributed by atoms with van der Waals surface area (Å²) in [6.45, 7) is 5.43. The largest absolute Gasteiger partial charge is 0.480 e. The molecule has 1 rings (SSSR count). The molecule has 1 aliphatic rings. The Kier molecular flexibility index (Phi) is 6.16. The number of aliphatic carboxylic acids is 1. The van der Waals surface area contributed by atoms with Gasteiger partial charge in [-0.15, -0.1) is 0 Å². The molecular formula is C14H24N2O6. The Balaban J connectivity index is 2.75. The van der Waals surface area contributed by atoms with E-state index in [0.29, 0.717) is 19.4 Å². The number of nitrogens with one attached hydrogen (secondary N) is 1. The number of methoxy groups -OCH3 is 1. The van der Waals surface area contributed by atoms with Gasteiger partial charge in [-0.2, -0.15) is 0 Å². The number of hydrogen-bond acceptors (Lipinski definition) is 5. The summed E-state index contributed by atoms with van der Waals surface area (Å²) in [6.07, 6.45) is 0.288. The molecule has 0 saturated carbocycles. The topological polar surface area (TPSA) is 105 Å². The molecule has 8 nitrogen and oxygen atoms in total. The molecule has 0 radical (unpaired) electrons. The van der Waals surface area contributed by atoms with Crippen LogP contribution in [0.1, 0.15) is 33.6 Å². The summed E-state index contributed by atoms with van der Waals surface area (Å²) in [5, 5.41) is 11.6. The molecule has 1 heterocycles. The Morgan fingerprint density at radius 1 is 1.36 bits per heavy atom. The molecule has 2 amide bonds. The highest BCUT2D eigenvalue weighted by Crippen LogP contribution is 2.18. The van der Waals surface area contributed by atoms with Crippen molar-refractivity contribution in [3.63, 3.8) is 0 Å². The normalized spacial score (nSPS) is 19.6. The third-order valence-corrected chi connectivity index (χ3v) is 3.14. The minimum Gasteiger partial charge on any atom is -0.480 e. The average molecular weight is 316 g/mol. The van der Waals surface area contributed by atoms with Crippen LogP contribution in [0.3, 0.4) is 0 Å². The van der Waals surface area contributed by atoms with Gasteiger partial charge in [0.1, 0.15) is 17.7 Å². The minimum atomic E-state index is -1.04. The summed E-state index contributed by atoms with van der Waals surface area (Å²) in [5.41, 5.74) is -0.692. The van der Waals surface area contributed by atoms with Crippen molar-refractivity contribution < 1.29 is 29.0 Å². The van der Waals surface area contributed by atoms with E-state index in [1.54, 1.807) is 20.8 Å². The monoisotopic (exact) mass is 316 g/mol. The first kappa shape index (κ1) is 18.2. The molecule has 2 N–H and O–H groups in total. The molecule has 2 atom stereocenters. The number of amides is 2. The van der Waals surface area contributed by atoms with E-state index < -0.39 is 35.7 Å². The van der Waals surface area contributed by atoms with E-state index in [4.69, 9.17) is 14.6 Å². The molecule has 22 heavy (non-hydrogen) atoms. The number of nitrogens with zero attached hydrogens (tertiary/aromatic N) is 1. The van der Waals surface area contributed by atoms with Gasteiger partial charge in [-0.05, 0) is 33.6 Å². The number of hydrogen-bond donors (Lipinski definition) is 2. The van der Waals surface area contributed by atoms with E-state index in [0.717, 1.165) is 0 Å². The first-order valence-electron chi connectivity index (χ1n) is 7.17. The van der Waals surface area contributed by atoms with Gasteiger partial charge < -0.3 is 24.8 Å². The maximum Gasteiger partial charge on any atom is 0.408 e. The van der Waals surface area contributed by atoms with E-state index in [1.165, 1.54) is 12.0 Å². The summed E-state index contributed by atoms with van der Waals surface area (Å²) in [7, 11) is 1.40. The van der Waals surface area contributed by atoms with Crippen molar-refractivity contribution in [3.8, 4) is 0 Å². The van der Waals surface area contributed by atoms with E-state index in [-0.39, 0.29) is 6.61 Å². The number of rotatable bonds is 5. The number of carbonyl (C=O) groups is 3. The Morgan fingerprint density at radius 2 is 2.00 bits per heavy atom. The van der Waals surface area contributed by atoms with Crippen molar-refractivity contribution in [2.45, 2.75) is 51.3 Å². The molecule has 126 valence electrons. The van der Waals surface area contributed by atoms with Gasteiger partial charge in [-0.1, -0.05) is 0 Å². The van der Waals surface area contributed by atoms with E-state index in [2.05, 4.69) is 5.32 Å². The molecule has 0 unspecified atom stereocenters. The van der Waals surface area contributed by atoms with Gasteiger partial charge in [0.25, 0.3) is 0 Å². The van der Waals surface area contributed by atoms with Crippen LogP contribution in [0.2, 0.25) is 0 Å². The summed E-state index contributed by atoms with van der Waals surface area (Å²) in [4.78, 5) is 36.7. The molecule has 8 heteroatoms. The first-order chi connectivity index (χ1) is 10.2. The summed E-state index contributed by atoms with van der Waals surface area (Å²) in [5.74, 6) is -1.52. The van der Waals surface area contributed by atoms with Crippen LogP contribution >= 0.6 is 0 Å². The van der Waals surface area contributed by atoms with Crippen molar-refractivity contribution in [2.24, 2.45) is 0 Å². The minimum absolute atomic E-state index is 0.0546. The van der Waals surface area contributed by atoms with E-state index >= 15 is 0 Å². The van der Waals surface area contributed by atoms with Crippen LogP contribution in [0.15, 0.2) is 0 Å². The summed E-state index contributed by atoms with van der Waals surface area (Å²) in [6, 6.07) is -1.83. The maximum absolute atomic E-state index is 12.5. The third-order valence-electron chi connectivity index (χ3n) is 3.14. The average Bonchev–Trinajstić information content (AvgIpc) is 2.84. The van der Waals surface area contributed by atoms with Gasteiger partial charge in [0, 0.05) is 13.7 Å². The lowest BCUT2D eigenvalue weighted by molar-refractivity contribution is -0.149. The number of carboxylic acids is 1. The molecule has 0 aromatic rings. The van der Waals surface area contributed by atoms with Crippen molar-refractivity contribution in [1.82, 2.24) is 10.2 Å². The second-order valence-electron chi connectivity index (χ2n) is 6.18. The van der Waals surface area contributed by atoms with Crippen LogP contribution in [-0.2, 0) is 19.1 Å². The summed E-state index contributed by atoms with van der Waals surface area (Å²) >= 11 is 0. The molecule has 0 aromatic carbocycles. The van der Waals surface area contributed by atoms with Crippen molar-refractivity contribution in [1.29, 1.82) is 0 Å². The Labute approximate surface area is 129 Å². The van der Waals surface area contributed by atoms with Gasteiger partial charge in [0.2, 0.25) is 5.91 Å². The van der Waals surface area contributed by atoms with Crippen LogP contribution in [0.4, 0.5) is 4.79 Å². The van der Waals surface area contributed by atoms with Crippen LogP contribution in [0, 0.1) is 0 Å². The highest BCUT2D eigenvalue weighted by Gasteiger charge is 2.38. The van der Waals surface area contributed by atoms with E-state index in [1.807, 2.05) is 0 Å². The number of ether oxygens (including phenoxy) is 2. The van der Waals surface area contributed by atoms with Crippen LogP contribution in [0.25, 0.3) is 0 Å². The number of alkyl carbamates (subject to hydrolysis) is 1. The van der Waals surface area contributed by atoms with Gasteiger partial charge in [0.05, 0.1) is 6.61 Å². The molecule has 0 aromatic heterocycles. The lowest BCUT2D eigenvalue weighted by Crippen LogP contribution is -2.54. The molecule has 0 aliphatic carbocycles.